The predicted molar refractivity (Wildman–Crippen MR) is 106 cm³/mol. The number of hydrogen-bond donors (Lipinski definition) is 0. The summed E-state index contributed by atoms with van der Waals surface area (Å²) in [6, 6.07) is 14.7. The van der Waals surface area contributed by atoms with Crippen LogP contribution in [0, 0.1) is 12.7 Å². The molecule has 3 aromatic rings. The zero-order valence-electron chi connectivity index (χ0n) is 15.4. The van der Waals surface area contributed by atoms with Gasteiger partial charge in [-0.1, -0.05) is 48.2 Å². The number of nitrogens with zero attached hydrogens (tertiary/aromatic N) is 3. The average Bonchev–Trinajstić information content (AvgIpc) is 3.04. The van der Waals surface area contributed by atoms with Gasteiger partial charge in [-0.25, -0.2) is 4.39 Å². The molecule has 4 nitrogen and oxygen atoms in total. The van der Waals surface area contributed by atoms with Crippen molar-refractivity contribution in [1.29, 1.82) is 0 Å². The highest BCUT2D eigenvalue weighted by atomic mass is 32.2. The van der Waals surface area contributed by atoms with E-state index in [4.69, 9.17) is 4.74 Å². The van der Waals surface area contributed by atoms with Crippen molar-refractivity contribution in [2.24, 2.45) is 0 Å². The molecule has 1 aromatic heterocycles. The lowest BCUT2D eigenvalue weighted by molar-refractivity contribution is 0.210. The molecule has 0 aliphatic rings. The second kappa shape index (κ2) is 8.86. The molecule has 6 heteroatoms. The molecule has 0 bridgehead atoms. The minimum Gasteiger partial charge on any atom is -0.483 e. The molecule has 140 valence electrons. The molecule has 0 saturated carbocycles. The monoisotopic (exact) mass is 383 g/mol. The molecule has 0 fully saturated rings. The van der Waals surface area contributed by atoms with Crippen LogP contribution >= 0.6 is 11.8 Å². The highest BCUT2D eigenvalue weighted by molar-refractivity contribution is 7.98. The summed E-state index contributed by atoms with van der Waals surface area (Å²) in [5.41, 5.74) is 1.77. The van der Waals surface area contributed by atoms with Gasteiger partial charge in [0.05, 0.1) is 0 Å². The van der Waals surface area contributed by atoms with Gasteiger partial charge in [0, 0.05) is 12.3 Å². The van der Waals surface area contributed by atoms with Crippen molar-refractivity contribution < 1.29 is 9.13 Å². The lowest BCUT2D eigenvalue weighted by Gasteiger charge is -2.16. The largest absolute Gasteiger partial charge is 0.483 e. The Labute approximate surface area is 163 Å². The van der Waals surface area contributed by atoms with Crippen LogP contribution in [0.15, 0.2) is 66.3 Å². The van der Waals surface area contributed by atoms with E-state index < -0.39 is 0 Å². The van der Waals surface area contributed by atoms with Gasteiger partial charge in [0.2, 0.25) is 0 Å². The summed E-state index contributed by atoms with van der Waals surface area (Å²) in [4.78, 5) is 0. The molecule has 0 amide bonds. The van der Waals surface area contributed by atoms with Crippen molar-refractivity contribution in [1.82, 2.24) is 14.8 Å². The fraction of sp³-hybridized carbons (Fsp3) is 0.238. The molecule has 1 heterocycles. The number of ether oxygens (including phenoxy) is 1. The maximum Gasteiger partial charge on any atom is 0.191 e. The topological polar surface area (TPSA) is 39.9 Å². The Balaban J connectivity index is 1.77. The van der Waals surface area contributed by atoms with Gasteiger partial charge in [-0.15, -0.1) is 16.8 Å². The van der Waals surface area contributed by atoms with Crippen molar-refractivity contribution in [3.05, 3.63) is 84.0 Å². The van der Waals surface area contributed by atoms with Crippen molar-refractivity contribution >= 4 is 11.8 Å². The van der Waals surface area contributed by atoms with Crippen LogP contribution in [0.4, 0.5) is 4.39 Å². The van der Waals surface area contributed by atoms with Crippen LogP contribution in [-0.2, 0) is 12.3 Å². The Morgan fingerprint density at radius 2 is 2.04 bits per heavy atom. The normalized spacial score (nSPS) is 12.0. The first kappa shape index (κ1) is 19.2. The van der Waals surface area contributed by atoms with E-state index >= 15 is 0 Å². The van der Waals surface area contributed by atoms with Crippen molar-refractivity contribution in [3.8, 4) is 5.75 Å². The Morgan fingerprint density at radius 1 is 1.22 bits per heavy atom. The summed E-state index contributed by atoms with van der Waals surface area (Å²) in [5, 5.41) is 9.31. The average molecular weight is 383 g/mol. The van der Waals surface area contributed by atoms with E-state index in [1.807, 2.05) is 48.7 Å². The Bertz CT molecular complexity index is 925. The molecule has 0 aliphatic carbocycles. The third kappa shape index (κ3) is 4.77. The van der Waals surface area contributed by atoms with Gasteiger partial charge >= 0.3 is 0 Å². The van der Waals surface area contributed by atoms with Crippen LogP contribution in [0.1, 0.15) is 30.0 Å². The van der Waals surface area contributed by atoms with Crippen LogP contribution < -0.4 is 4.74 Å². The minimum atomic E-state index is -0.276. The number of hydrogen-bond acceptors (Lipinski definition) is 4. The number of thioether (sulfide) groups is 1. The van der Waals surface area contributed by atoms with Gasteiger partial charge in [0.1, 0.15) is 11.6 Å². The SMILES string of the molecule is C=CCn1c(SCc2ccccc2F)nnc1C(C)Oc1cccc(C)c1. The van der Waals surface area contributed by atoms with Crippen LogP contribution in [0.5, 0.6) is 5.75 Å². The van der Waals surface area contributed by atoms with Crippen molar-refractivity contribution in [2.45, 2.75) is 37.4 Å². The first-order chi connectivity index (χ1) is 13.1. The first-order valence-corrected chi connectivity index (χ1v) is 9.70. The maximum absolute atomic E-state index is 13.9. The summed E-state index contributed by atoms with van der Waals surface area (Å²) >= 11 is 1.45. The highest BCUT2D eigenvalue weighted by Gasteiger charge is 2.19. The number of allylic oxidation sites excluding steroid dienone is 1. The number of aryl methyl sites for hydroxylation is 1. The second-order valence-corrected chi connectivity index (χ2v) is 7.14. The quantitative estimate of drug-likeness (QED) is 0.389. The van der Waals surface area contributed by atoms with Gasteiger partial charge in [0.25, 0.3) is 0 Å². The number of aromatic nitrogens is 3. The molecule has 1 unspecified atom stereocenters. The van der Waals surface area contributed by atoms with E-state index in [0.717, 1.165) is 11.3 Å². The fourth-order valence-corrected chi connectivity index (χ4v) is 3.65. The summed E-state index contributed by atoms with van der Waals surface area (Å²) in [6.07, 6.45) is 1.52. The lowest BCUT2D eigenvalue weighted by Crippen LogP contribution is -2.12. The molecule has 3 rings (SSSR count). The van der Waals surface area contributed by atoms with E-state index in [1.54, 1.807) is 18.2 Å². The van der Waals surface area contributed by atoms with Gasteiger partial charge in [-0.05, 0) is 43.2 Å². The molecule has 0 radical (unpaired) electrons. The molecule has 0 saturated heterocycles. The van der Waals surface area contributed by atoms with Gasteiger partial charge in [-0.2, -0.15) is 0 Å². The van der Waals surface area contributed by atoms with Crippen LogP contribution in [0.2, 0.25) is 0 Å². The molecule has 2 aromatic carbocycles. The molecule has 0 spiro atoms. The standard InChI is InChI=1S/C21H22FN3OS/c1-4-12-25-20(16(3)26-18-10-7-8-15(2)13-18)23-24-21(25)27-14-17-9-5-6-11-19(17)22/h4-11,13,16H,1,12,14H2,2-3H3. The zero-order valence-corrected chi connectivity index (χ0v) is 16.2. The number of benzene rings is 2. The maximum atomic E-state index is 13.9. The third-order valence-electron chi connectivity index (χ3n) is 4.04. The first-order valence-electron chi connectivity index (χ1n) is 8.72. The molecular weight excluding hydrogens is 361 g/mol. The molecule has 27 heavy (non-hydrogen) atoms. The van der Waals surface area contributed by atoms with Crippen LogP contribution in [-0.4, -0.2) is 14.8 Å². The van der Waals surface area contributed by atoms with Gasteiger partial charge in [0.15, 0.2) is 17.1 Å². The molecular formula is C21H22FN3OS. The lowest BCUT2D eigenvalue weighted by atomic mass is 10.2. The van der Waals surface area contributed by atoms with Crippen LogP contribution in [0.25, 0.3) is 0 Å². The van der Waals surface area contributed by atoms with Gasteiger partial charge < -0.3 is 4.74 Å². The zero-order chi connectivity index (χ0) is 19.2. The number of rotatable bonds is 8. The van der Waals surface area contributed by atoms with E-state index in [2.05, 4.69) is 16.8 Å². The summed E-state index contributed by atoms with van der Waals surface area (Å²) in [5.74, 6) is 1.77. The number of halogens is 1. The fourth-order valence-electron chi connectivity index (χ4n) is 2.71. The Morgan fingerprint density at radius 3 is 2.78 bits per heavy atom. The summed E-state index contributed by atoms with van der Waals surface area (Å²) in [6.45, 7) is 8.34. The Hall–Kier alpha value is -2.60. The van der Waals surface area contributed by atoms with Crippen LogP contribution in [0.3, 0.4) is 0 Å². The predicted octanol–water partition coefficient (Wildman–Crippen LogP) is 5.34. The molecule has 0 N–H and O–H groups in total. The summed E-state index contributed by atoms with van der Waals surface area (Å²) in [7, 11) is 0. The summed E-state index contributed by atoms with van der Waals surface area (Å²) < 4.78 is 21.9. The van der Waals surface area contributed by atoms with Crippen molar-refractivity contribution in [3.63, 3.8) is 0 Å². The van der Waals surface area contributed by atoms with Crippen molar-refractivity contribution in [2.75, 3.05) is 0 Å². The van der Waals surface area contributed by atoms with E-state index in [9.17, 15) is 4.39 Å². The third-order valence-corrected chi connectivity index (χ3v) is 5.05. The van der Waals surface area contributed by atoms with E-state index in [0.29, 0.717) is 28.8 Å². The van der Waals surface area contributed by atoms with E-state index in [-0.39, 0.29) is 11.9 Å². The minimum absolute atomic E-state index is 0.212. The molecule has 0 aliphatic heterocycles. The van der Waals surface area contributed by atoms with Gasteiger partial charge in [-0.3, -0.25) is 4.57 Å². The van der Waals surface area contributed by atoms with E-state index in [1.165, 1.54) is 17.8 Å². The smallest absolute Gasteiger partial charge is 0.191 e. The molecule has 1 atom stereocenters. The second-order valence-electron chi connectivity index (χ2n) is 6.20. The highest BCUT2D eigenvalue weighted by Crippen LogP contribution is 2.27. The Kier molecular flexibility index (Phi) is 6.29.